The molecule has 1 unspecified atom stereocenters. The Kier molecular flexibility index (Phi) is 6.76. The molecule has 182 valence electrons. The van der Waals surface area contributed by atoms with Crippen LogP contribution in [0.4, 0.5) is 0 Å². The van der Waals surface area contributed by atoms with Crippen molar-refractivity contribution in [2.45, 2.75) is 26.6 Å². The van der Waals surface area contributed by atoms with Crippen molar-refractivity contribution in [2.24, 2.45) is 0 Å². The Balaban J connectivity index is 1.20. The Labute approximate surface area is 209 Å². The molecule has 2 aromatic heterocycles. The molecule has 0 amide bonds. The maximum Gasteiger partial charge on any atom is 0.244 e. The Hall–Kier alpha value is -3.34. The van der Waals surface area contributed by atoms with Crippen LogP contribution < -0.4 is 4.74 Å². The van der Waals surface area contributed by atoms with Gasteiger partial charge in [0.25, 0.3) is 0 Å². The van der Waals surface area contributed by atoms with Crippen LogP contribution in [0, 0.1) is 11.7 Å². The van der Waals surface area contributed by atoms with Gasteiger partial charge < -0.3 is 9.26 Å². The van der Waals surface area contributed by atoms with E-state index in [1.54, 1.807) is 13.4 Å². The summed E-state index contributed by atoms with van der Waals surface area (Å²) < 4.78 is 15.5. The lowest BCUT2D eigenvalue weighted by molar-refractivity contribution is 0.0684. The predicted molar refractivity (Wildman–Crippen MR) is 135 cm³/mol. The first-order valence-electron chi connectivity index (χ1n) is 11.7. The van der Waals surface area contributed by atoms with Gasteiger partial charge in [-0.15, -0.1) is 0 Å². The zero-order valence-corrected chi connectivity index (χ0v) is 21.0. The van der Waals surface area contributed by atoms with Crippen molar-refractivity contribution in [1.29, 1.82) is 0 Å². The number of piperazine rings is 1. The summed E-state index contributed by atoms with van der Waals surface area (Å²) in [5.74, 6) is 2.04. The predicted octanol–water partition coefficient (Wildman–Crippen LogP) is 4.11. The average Bonchev–Trinajstić information content (AvgIpc) is 3.52. The third-order valence-corrected chi connectivity index (χ3v) is 6.88. The van der Waals surface area contributed by atoms with E-state index in [1.165, 1.54) is 5.56 Å². The molecular weight excluding hydrogens is 462 g/mol. The van der Waals surface area contributed by atoms with Crippen LogP contribution in [0.25, 0.3) is 17.1 Å². The summed E-state index contributed by atoms with van der Waals surface area (Å²) in [5, 5.41) is 8.73. The van der Waals surface area contributed by atoms with Crippen LogP contribution in [0.15, 0.2) is 59.4 Å². The van der Waals surface area contributed by atoms with Gasteiger partial charge in [-0.1, -0.05) is 47.1 Å². The molecule has 0 radical (unpaired) electrons. The number of ether oxygens (including phenoxy) is 1. The van der Waals surface area contributed by atoms with E-state index in [4.69, 9.17) is 21.5 Å². The second-order valence-corrected chi connectivity index (χ2v) is 9.11. The molecule has 0 spiro atoms. The summed E-state index contributed by atoms with van der Waals surface area (Å²) in [7, 11) is 1.66. The van der Waals surface area contributed by atoms with E-state index in [2.05, 4.69) is 51.0 Å². The van der Waals surface area contributed by atoms with Crippen molar-refractivity contribution in [2.75, 3.05) is 33.3 Å². The molecule has 0 saturated carbocycles. The molecular formula is C25H29N7O2S. The molecule has 9 nitrogen and oxygen atoms in total. The summed E-state index contributed by atoms with van der Waals surface area (Å²) in [6, 6.07) is 16.0. The summed E-state index contributed by atoms with van der Waals surface area (Å²) in [5.41, 5.74) is 3.05. The molecule has 3 heterocycles. The van der Waals surface area contributed by atoms with Gasteiger partial charge in [0.15, 0.2) is 0 Å². The Bertz CT molecular complexity index is 1340. The molecule has 10 heteroatoms. The SMILES string of the molecule is COc1ccccc1-n1cnn(CN2CCN(C(C)c3nc(-c4ccc(C)cc4)no3)CC2)c1=S. The minimum atomic E-state index is 0.0516. The van der Waals surface area contributed by atoms with E-state index >= 15 is 0 Å². The van der Waals surface area contributed by atoms with Gasteiger partial charge in [0.2, 0.25) is 16.5 Å². The highest BCUT2D eigenvalue weighted by molar-refractivity contribution is 7.71. The number of methoxy groups -OCH3 is 1. The molecule has 35 heavy (non-hydrogen) atoms. The van der Waals surface area contributed by atoms with Crippen LogP contribution >= 0.6 is 12.2 Å². The van der Waals surface area contributed by atoms with Gasteiger partial charge in [-0.2, -0.15) is 10.1 Å². The fourth-order valence-electron chi connectivity index (χ4n) is 4.29. The average molecular weight is 492 g/mol. The monoisotopic (exact) mass is 491 g/mol. The van der Waals surface area contributed by atoms with Crippen LogP contribution in [0.1, 0.15) is 24.4 Å². The number of aryl methyl sites for hydroxylation is 1. The molecule has 4 aromatic rings. The van der Waals surface area contributed by atoms with Crippen molar-refractivity contribution >= 4 is 12.2 Å². The zero-order chi connectivity index (χ0) is 24.4. The van der Waals surface area contributed by atoms with E-state index in [0.29, 0.717) is 23.2 Å². The molecule has 0 N–H and O–H groups in total. The maximum atomic E-state index is 5.70. The molecule has 1 atom stereocenters. The van der Waals surface area contributed by atoms with Crippen molar-refractivity contribution in [1.82, 2.24) is 34.3 Å². The highest BCUT2D eigenvalue weighted by Gasteiger charge is 2.26. The number of hydrogen-bond acceptors (Lipinski definition) is 8. The first-order valence-corrected chi connectivity index (χ1v) is 12.1. The van der Waals surface area contributed by atoms with E-state index in [-0.39, 0.29) is 6.04 Å². The summed E-state index contributed by atoms with van der Waals surface area (Å²) in [6.07, 6.45) is 1.75. The lowest BCUT2D eigenvalue weighted by Gasteiger charge is -2.36. The minimum Gasteiger partial charge on any atom is -0.495 e. The van der Waals surface area contributed by atoms with Crippen molar-refractivity contribution < 1.29 is 9.26 Å². The van der Waals surface area contributed by atoms with Crippen LogP contribution in [0.2, 0.25) is 0 Å². The molecule has 5 rings (SSSR count). The highest BCUT2D eigenvalue weighted by atomic mass is 32.1. The van der Waals surface area contributed by atoms with Gasteiger partial charge in [0.05, 0.1) is 25.5 Å². The van der Waals surface area contributed by atoms with Gasteiger partial charge in [-0.05, 0) is 38.2 Å². The second kappa shape index (κ2) is 10.1. The molecule has 2 aromatic carbocycles. The third-order valence-electron chi connectivity index (χ3n) is 6.48. The first kappa shape index (κ1) is 23.4. The molecule has 1 saturated heterocycles. The largest absolute Gasteiger partial charge is 0.495 e. The minimum absolute atomic E-state index is 0.0516. The van der Waals surface area contributed by atoms with E-state index in [1.807, 2.05) is 45.6 Å². The van der Waals surface area contributed by atoms with Crippen LogP contribution in [-0.2, 0) is 6.67 Å². The quantitative estimate of drug-likeness (QED) is 0.358. The summed E-state index contributed by atoms with van der Waals surface area (Å²) in [6.45, 7) is 8.40. The van der Waals surface area contributed by atoms with Gasteiger partial charge in [0, 0.05) is 31.7 Å². The van der Waals surface area contributed by atoms with Crippen LogP contribution in [-0.4, -0.2) is 67.6 Å². The van der Waals surface area contributed by atoms with Gasteiger partial charge in [-0.25, -0.2) is 4.68 Å². The van der Waals surface area contributed by atoms with Crippen molar-refractivity contribution in [3.8, 4) is 22.8 Å². The van der Waals surface area contributed by atoms with Crippen molar-refractivity contribution in [3.63, 3.8) is 0 Å². The fraction of sp³-hybridized carbons (Fsp3) is 0.360. The highest BCUT2D eigenvalue weighted by Crippen LogP contribution is 2.25. The third kappa shape index (κ3) is 4.90. The molecule has 1 aliphatic heterocycles. The van der Waals surface area contributed by atoms with Gasteiger partial charge in [-0.3, -0.25) is 14.4 Å². The first-order chi connectivity index (χ1) is 17.0. The Morgan fingerprint density at radius 3 is 2.54 bits per heavy atom. The van der Waals surface area contributed by atoms with Crippen LogP contribution in [0.3, 0.4) is 0 Å². The lowest BCUT2D eigenvalue weighted by Crippen LogP contribution is -2.47. The standard InChI is InChI=1S/C25H29N7O2S/c1-18-8-10-20(11-9-18)23-27-24(34-28-23)19(2)30-14-12-29(13-15-30)17-32-25(35)31(16-26-32)21-6-4-5-7-22(21)33-3/h4-11,16,19H,12-15,17H2,1-3H3. The molecule has 0 aliphatic carbocycles. The number of para-hydroxylation sites is 2. The summed E-state index contributed by atoms with van der Waals surface area (Å²) in [4.78, 5) is 9.38. The number of benzene rings is 2. The topological polar surface area (TPSA) is 77.4 Å². The second-order valence-electron chi connectivity index (χ2n) is 8.75. The lowest BCUT2D eigenvalue weighted by atomic mass is 10.1. The van der Waals surface area contributed by atoms with Crippen LogP contribution in [0.5, 0.6) is 5.75 Å². The van der Waals surface area contributed by atoms with Gasteiger partial charge in [0.1, 0.15) is 12.1 Å². The molecule has 1 fully saturated rings. The van der Waals surface area contributed by atoms with Gasteiger partial charge >= 0.3 is 0 Å². The van der Waals surface area contributed by atoms with E-state index < -0.39 is 0 Å². The molecule has 1 aliphatic rings. The van der Waals surface area contributed by atoms with Crippen molar-refractivity contribution in [3.05, 3.63) is 71.1 Å². The number of hydrogen-bond donors (Lipinski definition) is 0. The number of nitrogens with zero attached hydrogens (tertiary/aromatic N) is 7. The number of aromatic nitrogens is 5. The zero-order valence-electron chi connectivity index (χ0n) is 20.2. The normalized spacial score (nSPS) is 15.9. The number of rotatable bonds is 7. The van der Waals surface area contributed by atoms with E-state index in [9.17, 15) is 0 Å². The Morgan fingerprint density at radius 2 is 1.80 bits per heavy atom. The fourth-order valence-corrected chi connectivity index (χ4v) is 4.54. The van der Waals surface area contributed by atoms with E-state index in [0.717, 1.165) is 43.2 Å². The smallest absolute Gasteiger partial charge is 0.244 e. The Morgan fingerprint density at radius 1 is 1.06 bits per heavy atom. The summed E-state index contributed by atoms with van der Waals surface area (Å²) >= 11 is 5.70. The maximum absolute atomic E-state index is 5.70. The molecule has 0 bridgehead atoms.